The highest BCUT2D eigenvalue weighted by Gasteiger charge is 2.48. The summed E-state index contributed by atoms with van der Waals surface area (Å²) in [6, 6.07) is 17.2. The minimum atomic E-state index is -0.338. The number of nitrogens with one attached hydrogen (secondary N) is 2. The Morgan fingerprint density at radius 3 is 2.59 bits per heavy atom. The molecule has 4 unspecified atom stereocenters. The van der Waals surface area contributed by atoms with Crippen LogP contribution in [0, 0.1) is 0 Å². The van der Waals surface area contributed by atoms with E-state index in [1.165, 1.54) is 34.9 Å². The van der Waals surface area contributed by atoms with Gasteiger partial charge in [0.25, 0.3) is 0 Å². The molecule has 3 N–H and O–H groups in total. The number of esters is 1. The van der Waals surface area contributed by atoms with Crippen molar-refractivity contribution in [1.29, 1.82) is 0 Å². The molecule has 1 aromatic heterocycles. The lowest BCUT2D eigenvalue weighted by Gasteiger charge is -2.50. The SMILES string of the molecule is COC(=O)C1Cc2c([nH]c3ccccc23)C2CC(NCCO)CC(c3ccc(C(C)C)cc3)N12. The summed E-state index contributed by atoms with van der Waals surface area (Å²) in [5, 5.41) is 14.2. The lowest BCUT2D eigenvalue weighted by atomic mass is 9.79. The molecule has 1 fully saturated rings. The Bertz CT molecular complexity index is 1150. The third kappa shape index (κ3) is 4.04. The van der Waals surface area contributed by atoms with Gasteiger partial charge in [-0.2, -0.15) is 0 Å². The molecule has 2 aromatic carbocycles. The Balaban J connectivity index is 1.62. The molecular formula is C28H35N3O3. The van der Waals surface area contributed by atoms with Gasteiger partial charge in [-0.15, -0.1) is 0 Å². The van der Waals surface area contributed by atoms with Crippen LogP contribution in [0.1, 0.15) is 67.1 Å². The van der Waals surface area contributed by atoms with Gasteiger partial charge < -0.3 is 20.1 Å². The van der Waals surface area contributed by atoms with Crippen molar-refractivity contribution >= 4 is 16.9 Å². The number of nitrogens with zero attached hydrogens (tertiary/aromatic N) is 1. The first kappa shape index (κ1) is 23.1. The molecule has 0 saturated carbocycles. The Kier molecular flexibility index (Phi) is 6.47. The van der Waals surface area contributed by atoms with Crippen LogP contribution >= 0.6 is 0 Å². The quantitative estimate of drug-likeness (QED) is 0.479. The van der Waals surface area contributed by atoms with Gasteiger partial charge in [0.05, 0.1) is 19.8 Å². The average molecular weight is 462 g/mol. The highest BCUT2D eigenvalue weighted by atomic mass is 16.5. The zero-order valence-electron chi connectivity index (χ0n) is 20.3. The third-order valence-corrected chi connectivity index (χ3v) is 7.68. The van der Waals surface area contributed by atoms with Crippen LogP contribution in [0.3, 0.4) is 0 Å². The van der Waals surface area contributed by atoms with E-state index in [9.17, 15) is 9.90 Å². The van der Waals surface area contributed by atoms with Gasteiger partial charge in [0, 0.05) is 41.6 Å². The first-order valence-electron chi connectivity index (χ1n) is 12.4. The number of H-pyrrole nitrogens is 1. The van der Waals surface area contributed by atoms with Gasteiger partial charge in [-0.25, -0.2) is 0 Å². The molecule has 0 bridgehead atoms. The zero-order chi connectivity index (χ0) is 23.8. The van der Waals surface area contributed by atoms with Crippen LogP contribution < -0.4 is 5.32 Å². The zero-order valence-corrected chi connectivity index (χ0v) is 20.3. The summed E-state index contributed by atoms with van der Waals surface area (Å²) in [5.41, 5.74) is 6.08. The number of aliphatic hydroxyl groups is 1. The van der Waals surface area contributed by atoms with E-state index in [0.717, 1.165) is 18.4 Å². The largest absolute Gasteiger partial charge is 0.468 e. The summed E-state index contributed by atoms with van der Waals surface area (Å²) in [6.07, 6.45) is 2.38. The average Bonchev–Trinajstić information content (AvgIpc) is 3.25. The van der Waals surface area contributed by atoms with Crippen LogP contribution in [0.15, 0.2) is 48.5 Å². The number of piperidine rings is 1. The summed E-state index contributed by atoms with van der Waals surface area (Å²) in [6.45, 7) is 5.09. The monoisotopic (exact) mass is 461 g/mol. The van der Waals surface area contributed by atoms with Crippen LogP contribution in [0.4, 0.5) is 0 Å². The van der Waals surface area contributed by atoms with Crippen molar-refractivity contribution in [3.8, 4) is 0 Å². The number of para-hydroxylation sites is 1. The first-order valence-corrected chi connectivity index (χ1v) is 12.4. The second kappa shape index (κ2) is 9.53. The topological polar surface area (TPSA) is 77.6 Å². The van der Waals surface area contributed by atoms with Crippen molar-refractivity contribution in [1.82, 2.24) is 15.2 Å². The molecule has 2 aliphatic rings. The summed E-state index contributed by atoms with van der Waals surface area (Å²) in [7, 11) is 1.49. The number of aromatic amines is 1. The van der Waals surface area contributed by atoms with Crippen molar-refractivity contribution in [3.05, 3.63) is 70.9 Å². The number of rotatable bonds is 6. The smallest absolute Gasteiger partial charge is 0.323 e. The van der Waals surface area contributed by atoms with E-state index in [-0.39, 0.29) is 36.7 Å². The molecule has 0 amide bonds. The molecule has 0 spiro atoms. The molecule has 5 rings (SSSR count). The Morgan fingerprint density at radius 2 is 1.88 bits per heavy atom. The van der Waals surface area contributed by atoms with Gasteiger partial charge in [-0.05, 0) is 41.5 Å². The fourth-order valence-corrected chi connectivity index (χ4v) is 6.01. The molecule has 6 heteroatoms. The summed E-state index contributed by atoms with van der Waals surface area (Å²) in [5.74, 6) is 0.297. The number of benzene rings is 2. The van der Waals surface area contributed by atoms with Gasteiger partial charge in [0.2, 0.25) is 0 Å². The van der Waals surface area contributed by atoms with Crippen molar-refractivity contribution in [2.75, 3.05) is 20.3 Å². The van der Waals surface area contributed by atoms with Gasteiger partial charge in [0.1, 0.15) is 6.04 Å². The van der Waals surface area contributed by atoms with E-state index >= 15 is 0 Å². The molecule has 3 aromatic rings. The molecule has 1 saturated heterocycles. The van der Waals surface area contributed by atoms with Crippen LogP contribution in [0.2, 0.25) is 0 Å². The minimum Gasteiger partial charge on any atom is -0.468 e. The summed E-state index contributed by atoms with van der Waals surface area (Å²) >= 11 is 0. The normalized spacial score (nSPS) is 24.7. The Morgan fingerprint density at radius 1 is 1.15 bits per heavy atom. The summed E-state index contributed by atoms with van der Waals surface area (Å²) < 4.78 is 5.33. The number of ether oxygens (including phenoxy) is 1. The van der Waals surface area contributed by atoms with Gasteiger partial charge in [-0.3, -0.25) is 9.69 Å². The lowest BCUT2D eigenvalue weighted by molar-refractivity contribution is -0.152. The molecule has 34 heavy (non-hydrogen) atoms. The number of aromatic nitrogens is 1. The second-order valence-electron chi connectivity index (χ2n) is 9.95. The van der Waals surface area contributed by atoms with Crippen molar-refractivity contribution in [2.45, 2.75) is 63.2 Å². The number of fused-ring (bicyclic) bond motifs is 5. The number of hydrogen-bond acceptors (Lipinski definition) is 5. The van der Waals surface area contributed by atoms with Crippen molar-refractivity contribution < 1.29 is 14.6 Å². The second-order valence-corrected chi connectivity index (χ2v) is 9.95. The molecule has 2 aliphatic heterocycles. The molecular weight excluding hydrogens is 426 g/mol. The minimum absolute atomic E-state index is 0.0555. The van der Waals surface area contributed by atoms with Gasteiger partial charge in [-0.1, -0.05) is 56.3 Å². The van der Waals surface area contributed by atoms with Crippen molar-refractivity contribution in [3.63, 3.8) is 0 Å². The van der Waals surface area contributed by atoms with E-state index < -0.39 is 0 Å². The predicted octanol–water partition coefficient (Wildman–Crippen LogP) is 4.22. The van der Waals surface area contributed by atoms with E-state index in [4.69, 9.17) is 4.74 Å². The number of methoxy groups -OCH3 is 1. The highest BCUT2D eigenvalue weighted by Crippen LogP contribution is 2.48. The number of aliphatic hydroxyl groups excluding tert-OH is 1. The first-order chi connectivity index (χ1) is 16.5. The van der Waals surface area contributed by atoms with Gasteiger partial charge >= 0.3 is 5.97 Å². The molecule has 6 nitrogen and oxygen atoms in total. The van der Waals surface area contributed by atoms with E-state index in [0.29, 0.717) is 18.9 Å². The van der Waals surface area contributed by atoms with Gasteiger partial charge in [0.15, 0.2) is 0 Å². The molecule has 180 valence electrons. The highest BCUT2D eigenvalue weighted by molar-refractivity contribution is 5.87. The Labute approximate surface area is 201 Å². The van der Waals surface area contributed by atoms with Crippen LogP contribution in [-0.4, -0.2) is 53.3 Å². The van der Waals surface area contributed by atoms with Crippen LogP contribution in [0.25, 0.3) is 10.9 Å². The molecule has 4 atom stereocenters. The Hall–Kier alpha value is -2.67. The maximum Gasteiger partial charge on any atom is 0.323 e. The number of hydrogen-bond donors (Lipinski definition) is 3. The predicted molar refractivity (Wildman–Crippen MR) is 134 cm³/mol. The fraction of sp³-hybridized carbons (Fsp3) is 0.464. The van der Waals surface area contributed by atoms with Crippen molar-refractivity contribution in [2.24, 2.45) is 0 Å². The van der Waals surface area contributed by atoms with Crippen LogP contribution in [0.5, 0.6) is 0 Å². The summed E-state index contributed by atoms with van der Waals surface area (Å²) in [4.78, 5) is 19.2. The number of carbonyl (C=O) groups is 1. The van der Waals surface area contributed by atoms with E-state index in [2.05, 4.69) is 71.5 Å². The molecule has 0 aliphatic carbocycles. The van der Waals surface area contributed by atoms with Crippen LogP contribution in [-0.2, 0) is 16.0 Å². The van der Waals surface area contributed by atoms with E-state index in [1.54, 1.807) is 0 Å². The number of carbonyl (C=O) groups excluding carboxylic acids is 1. The third-order valence-electron chi connectivity index (χ3n) is 7.68. The van der Waals surface area contributed by atoms with E-state index in [1.807, 2.05) is 6.07 Å². The maximum absolute atomic E-state index is 13.1. The molecule has 0 radical (unpaired) electrons. The fourth-order valence-electron chi connectivity index (χ4n) is 6.01. The lowest BCUT2D eigenvalue weighted by Crippen LogP contribution is -2.55. The maximum atomic E-state index is 13.1. The standard InChI is InChI=1S/C28H35N3O3/c1-17(2)18-8-10-19(11-9-18)24-14-20(29-12-13-32)15-25-27-22(16-26(31(24)25)28(33)34-3)21-6-4-5-7-23(21)30-27/h4-11,17,20,24-26,29-30,32H,12-16H2,1-3H3. The molecule has 3 heterocycles.